The number of aliphatic imine (C=N–C) groups is 1. The Morgan fingerprint density at radius 3 is 2.81 bits per heavy atom. The lowest BCUT2D eigenvalue weighted by molar-refractivity contribution is -0.384. The normalized spacial score (nSPS) is 24.7. The molecule has 3 heterocycles. The molecule has 0 radical (unpaired) electrons. The van der Waals surface area contributed by atoms with Crippen molar-refractivity contribution in [2.75, 3.05) is 26.2 Å². The third kappa shape index (κ3) is 3.96. The van der Waals surface area contributed by atoms with E-state index in [0.29, 0.717) is 10.9 Å². The van der Waals surface area contributed by atoms with Gasteiger partial charge in [0, 0.05) is 37.8 Å². The first-order chi connectivity index (χ1) is 13.1. The summed E-state index contributed by atoms with van der Waals surface area (Å²) in [6.45, 7) is 4.10. The molecule has 1 atom stereocenters. The second kappa shape index (κ2) is 7.66. The van der Waals surface area contributed by atoms with Crippen LogP contribution in [0.4, 0.5) is 5.69 Å². The molecule has 4 rings (SSSR count). The maximum atomic E-state index is 12.2. The molecule has 0 N–H and O–H groups in total. The van der Waals surface area contributed by atoms with Crippen LogP contribution >= 0.6 is 11.8 Å². The van der Waals surface area contributed by atoms with Gasteiger partial charge >= 0.3 is 0 Å². The second-order valence-electron chi connectivity index (χ2n) is 6.82. The summed E-state index contributed by atoms with van der Waals surface area (Å²) in [5.74, 6) is -0.197. The number of allylic oxidation sites excluding steroid dienone is 2. The van der Waals surface area contributed by atoms with Crippen LogP contribution in [0.2, 0.25) is 0 Å². The lowest BCUT2D eigenvalue weighted by Crippen LogP contribution is -2.51. The van der Waals surface area contributed by atoms with Crippen molar-refractivity contribution in [1.29, 1.82) is 0 Å². The van der Waals surface area contributed by atoms with E-state index in [0.717, 1.165) is 30.4 Å². The van der Waals surface area contributed by atoms with Gasteiger partial charge in [-0.05, 0) is 54.9 Å². The molecule has 27 heavy (non-hydrogen) atoms. The van der Waals surface area contributed by atoms with Crippen LogP contribution < -0.4 is 0 Å². The highest BCUT2D eigenvalue weighted by molar-refractivity contribution is 8.18. The maximum absolute atomic E-state index is 12.2. The molecule has 0 saturated carbocycles. The number of piperazine rings is 1. The predicted molar refractivity (Wildman–Crippen MR) is 106 cm³/mol. The van der Waals surface area contributed by atoms with E-state index in [4.69, 9.17) is 0 Å². The van der Waals surface area contributed by atoms with Gasteiger partial charge in [0.15, 0.2) is 5.17 Å². The molecule has 3 aliphatic rings. The number of amides is 1. The zero-order chi connectivity index (χ0) is 18.8. The number of rotatable bonds is 3. The van der Waals surface area contributed by atoms with Crippen LogP contribution in [0, 0.1) is 10.1 Å². The third-order valence-electron chi connectivity index (χ3n) is 5.11. The van der Waals surface area contributed by atoms with Gasteiger partial charge in [-0.1, -0.05) is 12.2 Å². The van der Waals surface area contributed by atoms with Crippen LogP contribution in [0.1, 0.15) is 18.4 Å². The predicted octanol–water partition coefficient (Wildman–Crippen LogP) is 2.90. The summed E-state index contributed by atoms with van der Waals surface area (Å²) in [5.41, 5.74) is 0.902. The Morgan fingerprint density at radius 2 is 2.04 bits per heavy atom. The highest BCUT2D eigenvalue weighted by Crippen LogP contribution is 2.31. The largest absolute Gasteiger partial charge is 0.348 e. The summed E-state index contributed by atoms with van der Waals surface area (Å²) in [6.07, 6.45) is 7.85. The summed E-state index contributed by atoms with van der Waals surface area (Å²) < 4.78 is 0. The van der Waals surface area contributed by atoms with Gasteiger partial charge in [-0.3, -0.25) is 19.8 Å². The van der Waals surface area contributed by atoms with Gasteiger partial charge in [0.25, 0.3) is 11.6 Å². The molecule has 1 aromatic rings. The number of nitro benzene ring substituents is 1. The fraction of sp³-hybridized carbons (Fsp3) is 0.368. The van der Waals surface area contributed by atoms with Gasteiger partial charge in [0.05, 0.1) is 9.83 Å². The SMILES string of the molecule is O=C1N=C(N2CCN3CCCC3C2)S/C1=C\C=C\c1ccc([N+](=O)[O-])cc1. The molecular weight excluding hydrogens is 364 g/mol. The van der Waals surface area contributed by atoms with Crippen molar-refractivity contribution in [2.45, 2.75) is 18.9 Å². The number of hydrogen-bond donors (Lipinski definition) is 0. The van der Waals surface area contributed by atoms with Crippen LogP contribution in [0.5, 0.6) is 0 Å². The maximum Gasteiger partial charge on any atom is 0.286 e. The minimum Gasteiger partial charge on any atom is -0.348 e. The number of carbonyl (C=O) groups excluding carboxylic acids is 1. The Bertz CT molecular complexity index is 847. The van der Waals surface area contributed by atoms with Crippen molar-refractivity contribution < 1.29 is 9.72 Å². The molecular formula is C19H20N4O3S. The number of nitrogens with zero attached hydrogens (tertiary/aromatic N) is 4. The number of thioether (sulfide) groups is 1. The summed E-state index contributed by atoms with van der Waals surface area (Å²) in [4.78, 5) is 32.1. The number of amidine groups is 1. The van der Waals surface area contributed by atoms with Gasteiger partial charge < -0.3 is 4.90 Å². The van der Waals surface area contributed by atoms with E-state index in [-0.39, 0.29) is 11.6 Å². The van der Waals surface area contributed by atoms with Gasteiger partial charge in [-0.2, -0.15) is 4.99 Å². The molecule has 0 bridgehead atoms. The van der Waals surface area contributed by atoms with E-state index in [1.807, 2.05) is 6.08 Å². The monoisotopic (exact) mass is 384 g/mol. The first kappa shape index (κ1) is 17.9. The first-order valence-electron chi connectivity index (χ1n) is 9.03. The molecule has 1 unspecified atom stereocenters. The zero-order valence-electron chi connectivity index (χ0n) is 14.8. The summed E-state index contributed by atoms with van der Waals surface area (Å²) in [5, 5.41) is 11.5. The van der Waals surface area contributed by atoms with Crippen molar-refractivity contribution in [3.05, 3.63) is 57.0 Å². The number of nitro groups is 1. The van der Waals surface area contributed by atoms with Crippen molar-refractivity contribution in [3.8, 4) is 0 Å². The molecule has 140 valence electrons. The summed E-state index contributed by atoms with van der Waals surface area (Å²) in [6, 6.07) is 6.88. The molecule has 0 spiro atoms. The average Bonchev–Trinajstić information content (AvgIpc) is 3.28. The van der Waals surface area contributed by atoms with Crippen molar-refractivity contribution in [1.82, 2.24) is 9.80 Å². The van der Waals surface area contributed by atoms with Crippen LogP contribution in [-0.2, 0) is 4.79 Å². The van der Waals surface area contributed by atoms with Crippen LogP contribution in [0.25, 0.3) is 6.08 Å². The van der Waals surface area contributed by atoms with Crippen LogP contribution in [0.3, 0.4) is 0 Å². The summed E-state index contributed by atoms with van der Waals surface area (Å²) in [7, 11) is 0. The van der Waals surface area contributed by atoms with E-state index in [2.05, 4.69) is 14.8 Å². The molecule has 1 aromatic carbocycles. The number of fused-ring (bicyclic) bond motifs is 1. The van der Waals surface area contributed by atoms with E-state index in [1.165, 1.54) is 43.3 Å². The fourth-order valence-electron chi connectivity index (χ4n) is 3.67. The number of benzene rings is 1. The Labute approximate surface area is 161 Å². The smallest absolute Gasteiger partial charge is 0.286 e. The standard InChI is InChI=1S/C19H20N4O3S/c24-18-17(5-1-3-14-6-8-15(9-7-14)23(25)26)27-19(20-18)22-12-11-21-10-2-4-16(21)13-22/h1,3,5-9,16H,2,4,10-13H2/b3-1+,17-5-. The molecule has 2 fully saturated rings. The van der Waals surface area contributed by atoms with E-state index in [1.54, 1.807) is 24.3 Å². The zero-order valence-corrected chi connectivity index (χ0v) is 15.6. The number of hydrogen-bond acceptors (Lipinski definition) is 6. The van der Waals surface area contributed by atoms with Crippen LogP contribution in [-0.4, -0.2) is 58.0 Å². The minimum atomic E-state index is -0.423. The quantitative estimate of drug-likeness (QED) is 0.453. The Kier molecular flexibility index (Phi) is 5.09. The Balaban J connectivity index is 1.37. The lowest BCUT2D eigenvalue weighted by atomic mass is 10.2. The van der Waals surface area contributed by atoms with Crippen molar-refractivity contribution >= 4 is 34.6 Å². The number of carbonyl (C=O) groups is 1. The first-order valence-corrected chi connectivity index (χ1v) is 9.84. The average molecular weight is 384 g/mol. The molecule has 7 nitrogen and oxygen atoms in total. The molecule has 1 amide bonds. The minimum absolute atomic E-state index is 0.0624. The van der Waals surface area contributed by atoms with E-state index < -0.39 is 4.92 Å². The third-order valence-corrected chi connectivity index (χ3v) is 6.17. The van der Waals surface area contributed by atoms with E-state index in [9.17, 15) is 14.9 Å². The highest BCUT2D eigenvalue weighted by Gasteiger charge is 2.34. The molecule has 3 aliphatic heterocycles. The lowest BCUT2D eigenvalue weighted by Gasteiger charge is -2.38. The van der Waals surface area contributed by atoms with Gasteiger partial charge in [0.2, 0.25) is 0 Å². The van der Waals surface area contributed by atoms with Gasteiger partial charge in [0.1, 0.15) is 0 Å². The van der Waals surface area contributed by atoms with Crippen LogP contribution in [0.15, 0.2) is 46.3 Å². The number of non-ortho nitro benzene ring substituents is 1. The molecule has 2 saturated heterocycles. The molecule has 0 aliphatic carbocycles. The summed E-state index contributed by atoms with van der Waals surface area (Å²) >= 11 is 1.43. The fourth-order valence-corrected chi connectivity index (χ4v) is 4.57. The van der Waals surface area contributed by atoms with E-state index >= 15 is 0 Å². The van der Waals surface area contributed by atoms with Gasteiger partial charge in [-0.25, -0.2) is 0 Å². The second-order valence-corrected chi connectivity index (χ2v) is 7.83. The Hall–Kier alpha value is -2.45. The topological polar surface area (TPSA) is 79.0 Å². The molecule has 0 aromatic heterocycles. The van der Waals surface area contributed by atoms with Crippen molar-refractivity contribution in [2.24, 2.45) is 4.99 Å². The highest BCUT2D eigenvalue weighted by atomic mass is 32.2. The molecule has 8 heteroatoms. The van der Waals surface area contributed by atoms with Crippen molar-refractivity contribution in [3.63, 3.8) is 0 Å². The Morgan fingerprint density at radius 1 is 1.22 bits per heavy atom. The van der Waals surface area contributed by atoms with Gasteiger partial charge in [-0.15, -0.1) is 0 Å².